The number of hydrogen-bond acceptors (Lipinski definition) is 4. The molecule has 1 amide bonds. The summed E-state index contributed by atoms with van der Waals surface area (Å²) in [6, 6.07) is 9.01. The molecule has 2 N–H and O–H groups in total. The molecule has 2 heterocycles. The third kappa shape index (κ3) is 7.39. The topological polar surface area (TPSA) is 69.2 Å². The van der Waals surface area contributed by atoms with Gasteiger partial charge in [-0.3, -0.25) is 14.7 Å². The van der Waals surface area contributed by atoms with Crippen LogP contribution in [0.5, 0.6) is 0 Å². The molecule has 0 bridgehead atoms. The van der Waals surface area contributed by atoms with Crippen LogP contribution in [0.25, 0.3) is 0 Å². The molecule has 1 atom stereocenters. The molecule has 0 radical (unpaired) electrons. The number of hydrogen-bond donors (Lipinski definition) is 2. The molecular weight excluding hydrogens is 493 g/mol. The zero-order chi connectivity index (χ0) is 20.6. The van der Waals surface area contributed by atoms with Gasteiger partial charge in [0.15, 0.2) is 5.96 Å². The molecule has 2 aliphatic heterocycles. The van der Waals surface area contributed by atoms with Gasteiger partial charge in [0.05, 0.1) is 13.2 Å². The van der Waals surface area contributed by atoms with Crippen LogP contribution in [-0.4, -0.2) is 74.1 Å². The molecule has 7 nitrogen and oxygen atoms in total. The Morgan fingerprint density at radius 2 is 1.83 bits per heavy atom. The van der Waals surface area contributed by atoms with Crippen LogP contribution in [0.3, 0.4) is 0 Å². The fourth-order valence-corrected chi connectivity index (χ4v) is 3.80. The lowest BCUT2D eigenvalue weighted by molar-refractivity contribution is -0.133. The van der Waals surface area contributed by atoms with E-state index >= 15 is 0 Å². The zero-order valence-electron chi connectivity index (χ0n) is 18.4. The number of carbonyl (C=O) groups excluding carboxylic acids is 1. The monoisotopic (exact) mass is 529 g/mol. The van der Waals surface area contributed by atoms with Crippen molar-refractivity contribution >= 4 is 35.8 Å². The number of halogens is 1. The summed E-state index contributed by atoms with van der Waals surface area (Å²) in [5.74, 6) is 1.07. The Hall–Kier alpha value is -1.39. The molecule has 168 valence electrons. The highest BCUT2D eigenvalue weighted by Crippen LogP contribution is 2.13. The first-order valence-corrected chi connectivity index (χ1v) is 10.7. The molecule has 2 fully saturated rings. The van der Waals surface area contributed by atoms with E-state index in [-0.39, 0.29) is 41.8 Å². The largest absolute Gasteiger partial charge is 0.379 e. The van der Waals surface area contributed by atoms with Gasteiger partial charge in [-0.1, -0.05) is 38.1 Å². The van der Waals surface area contributed by atoms with Gasteiger partial charge in [-0.05, 0) is 17.5 Å². The van der Waals surface area contributed by atoms with E-state index < -0.39 is 0 Å². The number of rotatable bonds is 6. The first kappa shape index (κ1) is 24.9. The van der Waals surface area contributed by atoms with Crippen molar-refractivity contribution in [1.82, 2.24) is 20.4 Å². The van der Waals surface area contributed by atoms with Gasteiger partial charge < -0.3 is 20.3 Å². The fourth-order valence-electron chi connectivity index (χ4n) is 3.80. The number of nitrogens with one attached hydrogen (secondary N) is 2. The third-order valence-electron chi connectivity index (χ3n) is 5.55. The molecule has 2 saturated heterocycles. The van der Waals surface area contributed by atoms with Crippen molar-refractivity contribution < 1.29 is 9.53 Å². The summed E-state index contributed by atoms with van der Waals surface area (Å²) in [6.07, 6.45) is 0.954. The summed E-state index contributed by atoms with van der Waals surface area (Å²) in [5.41, 5.74) is 2.56. The van der Waals surface area contributed by atoms with E-state index in [1.54, 1.807) is 7.05 Å². The fraction of sp³-hybridized carbons (Fsp3) is 0.636. The minimum atomic E-state index is 0. The number of likely N-dealkylation sites (tertiary alicyclic amines) is 1. The van der Waals surface area contributed by atoms with Crippen molar-refractivity contribution in [3.63, 3.8) is 0 Å². The summed E-state index contributed by atoms with van der Waals surface area (Å²) in [7, 11) is 1.78. The maximum Gasteiger partial charge on any atom is 0.225 e. The summed E-state index contributed by atoms with van der Waals surface area (Å²) in [6.45, 7) is 10.8. The second kappa shape index (κ2) is 12.5. The Morgan fingerprint density at radius 1 is 1.17 bits per heavy atom. The van der Waals surface area contributed by atoms with Crippen LogP contribution in [0.15, 0.2) is 29.3 Å². The van der Waals surface area contributed by atoms with Crippen molar-refractivity contribution in [2.45, 2.75) is 39.4 Å². The number of carbonyl (C=O) groups is 1. The average Bonchev–Trinajstić information content (AvgIpc) is 3.20. The van der Waals surface area contributed by atoms with Crippen LogP contribution in [0.4, 0.5) is 0 Å². The minimum absolute atomic E-state index is 0. The van der Waals surface area contributed by atoms with Gasteiger partial charge in [-0.2, -0.15) is 0 Å². The summed E-state index contributed by atoms with van der Waals surface area (Å²) < 4.78 is 5.41. The maximum absolute atomic E-state index is 12.2. The van der Waals surface area contributed by atoms with Gasteiger partial charge >= 0.3 is 0 Å². The molecule has 2 aliphatic rings. The average molecular weight is 529 g/mol. The van der Waals surface area contributed by atoms with E-state index in [0.29, 0.717) is 0 Å². The molecule has 1 aromatic carbocycles. The molecule has 1 aromatic rings. The van der Waals surface area contributed by atoms with Crippen LogP contribution in [-0.2, 0) is 22.6 Å². The van der Waals surface area contributed by atoms with Crippen molar-refractivity contribution in [1.29, 1.82) is 0 Å². The van der Waals surface area contributed by atoms with Gasteiger partial charge in [0, 0.05) is 58.3 Å². The molecule has 0 spiro atoms. The molecule has 0 aromatic heterocycles. The Kier molecular flexibility index (Phi) is 10.3. The summed E-state index contributed by atoms with van der Waals surface area (Å²) >= 11 is 0. The number of ether oxygens (including phenoxy) is 1. The van der Waals surface area contributed by atoms with E-state index in [4.69, 9.17) is 4.74 Å². The number of nitrogens with zero attached hydrogens (tertiary/aromatic N) is 3. The first-order chi connectivity index (χ1) is 14.0. The predicted molar refractivity (Wildman–Crippen MR) is 131 cm³/mol. The lowest BCUT2D eigenvalue weighted by Gasteiger charge is -2.26. The van der Waals surface area contributed by atoms with Crippen LogP contribution in [0.1, 0.15) is 31.4 Å². The first-order valence-electron chi connectivity index (χ1n) is 10.7. The molecule has 8 heteroatoms. The van der Waals surface area contributed by atoms with Crippen LogP contribution in [0.2, 0.25) is 0 Å². The molecule has 0 aliphatic carbocycles. The van der Waals surface area contributed by atoms with Gasteiger partial charge in [0.2, 0.25) is 5.91 Å². The van der Waals surface area contributed by atoms with Gasteiger partial charge in [-0.15, -0.1) is 24.0 Å². The molecular formula is C22H36IN5O2. The van der Waals surface area contributed by atoms with E-state index in [0.717, 1.165) is 64.9 Å². The smallest absolute Gasteiger partial charge is 0.225 e. The predicted octanol–water partition coefficient (Wildman–Crippen LogP) is 2.06. The van der Waals surface area contributed by atoms with Crippen molar-refractivity contribution in [2.75, 3.05) is 46.4 Å². The maximum atomic E-state index is 12.2. The van der Waals surface area contributed by atoms with Gasteiger partial charge in [0.1, 0.15) is 0 Å². The number of amides is 1. The highest BCUT2D eigenvalue weighted by molar-refractivity contribution is 14.0. The molecule has 30 heavy (non-hydrogen) atoms. The highest BCUT2D eigenvalue weighted by atomic mass is 127. The summed E-state index contributed by atoms with van der Waals surface area (Å²) in [4.78, 5) is 20.9. The van der Waals surface area contributed by atoms with E-state index in [1.807, 2.05) is 18.7 Å². The van der Waals surface area contributed by atoms with Crippen LogP contribution >= 0.6 is 24.0 Å². The molecule has 0 saturated carbocycles. The zero-order valence-corrected chi connectivity index (χ0v) is 20.7. The third-order valence-corrected chi connectivity index (χ3v) is 5.55. The summed E-state index contributed by atoms with van der Waals surface area (Å²) in [5, 5.41) is 6.84. The van der Waals surface area contributed by atoms with Gasteiger partial charge in [0.25, 0.3) is 0 Å². The second-order valence-electron chi connectivity index (χ2n) is 8.20. The quantitative estimate of drug-likeness (QED) is 0.336. The van der Waals surface area contributed by atoms with Crippen molar-refractivity contribution in [3.8, 4) is 0 Å². The van der Waals surface area contributed by atoms with E-state index in [2.05, 4.69) is 44.8 Å². The van der Waals surface area contributed by atoms with Gasteiger partial charge in [-0.25, -0.2) is 0 Å². The Morgan fingerprint density at radius 3 is 2.47 bits per heavy atom. The SMILES string of the molecule is CN=C(NCc1ccc(CN2CCOCC2)cc1)NC1CCN(C(=O)C(C)C)C1.I. The Labute approximate surface area is 197 Å². The van der Waals surface area contributed by atoms with Crippen molar-refractivity contribution in [3.05, 3.63) is 35.4 Å². The van der Waals surface area contributed by atoms with Crippen LogP contribution in [0, 0.1) is 5.92 Å². The Balaban J connectivity index is 0.00000320. The lowest BCUT2D eigenvalue weighted by atomic mass is 10.1. The highest BCUT2D eigenvalue weighted by Gasteiger charge is 2.27. The van der Waals surface area contributed by atoms with Crippen LogP contribution < -0.4 is 10.6 Å². The molecule has 3 rings (SSSR count). The minimum Gasteiger partial charge on any atom is -0.379 e. The molecule has 1 unspecified atom stereocenters. The van der Waals surface area contributed by atoms with E-state index in [1.165, 1.54) is 11.1 Å². The normalized spacial score (nSPS) is 20.2. The standard InChI is InChI=1S/C22H35N5O2.HI/c1-17(2)21(28)27-9-8-20(16-27)25-22(23-3)24-14-18-4-6-19(7-5-18)15-26-10-12-29-13-11-26;/h4-7,17,20H,8-16H2,1-3H3,(H2,23,24,25);1H. The van der Waals surface area contributed by atoms with E-state index in [9.17, 15) is 4.79 Å². The second-order valence-corrected chi connectivity index (χ2v) is 8.20. The number of benzene rings is 1. The lowest BCUT2D eigenvalue weighted by Crippen LogP contribution is -2.45. The number of guanidine groups is 1. The van der Waals surface area contributed by atoms with Crippen molar-refractivity contribution in [2.24, 2.45) is 10.9 Å². The number of morpholine rings is 1. The Bertz CT molecular complexity index is 689. The number of aliphatic imine (C=N–C) groups is 1.